The summed E-state index contributed by atoms with van der Waals surface area (Å²) in [6.07, 6.45) is 0. The largest absolute Gasteiger partial charge is 0.480 e. The van der Waals surface area contributed by atoms with E-state index in [1.807, 2.05) is 0 Å². The number of nitrogens with one attached hydrogen (secondary N) is 1. The maximum absolute atomic E-state index is 12.7. The Labute approximate surface area is 152 Å². The third-order valence-electron chi connectivity index (χ3n) is 3.55. The van der Waals surface area contributed by atoms with Crippen molar-refractivity contribution in [2.24, 2.45) is 0 Å². The highest BCUT2D eigenvalue weighted by molar-refractivity contribution is 7.88. The number of methoxy groups -OCH3 is 1. The molecule has 1 amide bonds. The van der Waals surface area contributed by atoms with Crippen molar-refractivity contribution in [3.05, 3.63) is 35.4 Å². The number of rotatable bonds is 9. The number of sulfonamides is 1. The molecular formula is C16H22N2O7S. The first-order valence-corrected chi connectivity index (χ1v) is 9.33. The Bertz CT molecular complexity index is 777. The molecule has 0 radical (unpaired) electrons. The van der Waals surface area contributed by atoms with E-state index >= 15 is 0 Å². The van der Waals surface area contributed by atoms with Gasteiger partial charge in [0.05, 0.1) is 18.4 Å². The van der Waals surface area contributed by atoms with E-state index in [-0.39, 0.29) is 24.6 Å². The van der Waals surface area contributed by atoms with Gasteiger partial charge in [0.1, 0.15) is 6.04 Å². The zero-order valence-electron chi connectivity index (χ0n) is 14.8. The molecule has 0 aliphatic carbocycles. The average molecular weight is 386 g/mol. The van der Waals surface area contributed by atoms with Crippen LogP contribution in [0.3, 0.4) is 0 Å². The van der Waals surface area contributed by atoms with Gasteiger partial charge in [-0.1, -0.05) is 12.1 Å². The van der Waals surface area contributed by atoms with Crippen molar-refractivity contribution in [2.75, 3.05) is 20.2 Å². The van der Waals surface area contributed by atoms with Gasteiger partial charge >= 0.3 is 11.9 Å². The Morgan fingerprint density at radius 1 is 1.31 bits per heavy atom. The van der Waals surface area contributed by atoms with Gasteiger partial charge in [-0.15, -0.1) is 0 Å². The van der Waals surface area contributed by atoms with E-state index in [4.69, 9.17) is 0 Å². The lowest BCUT2D eigenvalue weighted by Crippen LogP contribution is -2.47. The molecule has 0 aliphatic rings. The number of benzene rings is 1. The van der Waals surface area contributed by atoms with Crippen molar-refractivity contribution in [3.63, 3.8) is 0 Å². The SMILES string of the molecule is COC(=O)c1cccc(CS(=O)(=O)N(CCNC(C)=O)C(C)C(=O)O)c1. The summed E-state index contributed by atoms with van der Waals surface area (Å²) in [6, 6.07) is 4.58. The summed E-state index contributed by atoms with van der Waals surface area (Å²) in [5.74, 6) is -2.75. The minimum Gasteiger partial charge on any atom is -0.480 e. The van der Waals surface area contributed by atoms with E-state index in [0.717, 1.165) is 4.31 Å². The molecule has 2 N–H and O–H groups in total. The van der Waals surface area contributed by atoms with Crippen LogP contribution < -0.4 is 5.32 Å². The molecule has 0 fully saturated rings. The minimum absolute atomic E-state index is 0.0195. The van der Waals surface area contributed by atoms with E-state index in [0.29, 0.717) is 5.56 Å². The number of hydrogen-bond donors (Lipinski definition) is 2. The van der Waals surface area contributed by atoms with Crippen molar-refractivity contribution in [2.45, 2.75) is 25.6 Å². The fraction of sp³-hybridized carbons (Fsp3) is 0.438. The Balaban J connectivity index is 3.06. The first-order valence-electron chi connectivity index (χ1n) is 7.72. The lowest BCUT2D eigenvalue weighted by atomic mass is 10.1. The van der Waals surface area contributed by atoms with Gasteiger partial charge in [-0.2, -0.15) is 4.31 Å². The number of amides is 1. The first-order chi connectivity index (χ1) is 12.1. The highest BCUT2D eigenvalue weighted by Crippen LogP contribution is 2.16. The van der Waals surface area contributed by atoms with Crippen molar-refractivity contribution < 1.29 is 32.6 Å². The monoisotopic (exact) mass is 386 g/mol. The first kappa shape index (κ1) is 21.6. The van der Waals surface area contributed by atoms with Gasteiger partial charge in [-0.3, -0.25) is 9.59 Å². The number of carboxylic acids is 1. The van der Waals surface area contributed by atoms with Crippen LogP contribution in [0.15, 0.2) is 24.3 Å². The van der Waals surface area contributed by atoms with E-state index < -0.39 is 33.8 Å². The molecule has 0 heterocycles. The Morgan fingerprint density at radius 3 is 2.50 bits per heavy atom. The fourth-order valence-corrected chi connectivity index (χ4v) is 3.95. The van der Waals surface area contributed by atoms with Crippen LogP contribution in [0.5, 0.6) is 0 Å². The van der Waals surface area contributed by atoms with Crippen LogP contribution in [0.25, 0.3) is 0 Å². The zero-order chi connectivity index (χ0) is 19.9. The van der Waals surface area contributed by atoms with Gasteiger partial charge in [0.2, 0.25) is 15.9 Å². The molecule has 0 saturated carbocycles. The quantitative estimate of drug-likeness (QED) is 0.580. The van der Waals surface area contributed by atoms with Crippen molar-refractivity contribution >= 4 is 27.9 Å². The summed E-state index contributed by atoms with van der Waals surface area (Å²) in [6.45, 7) is 2.32. The summed E-state index contributed by atoms with van der Waals surface area (Å²) in [4.78, 5) is 33.8. The third-order valence-corrected chi connectivity index (χ3v) is 5.46. The Morgan fingerprint density at radius 2 is 1.96 bits per heavy atom. The summed E-state index contributed by atoms with van der Waals surface area (Å²) >= 11 is 0. The highest BCUT2D eigenvalue weighted by Gasteiger charge is 2.31. The number of nitrogens with zero attached hydrogens (tertiary/aromatic N) is 1. The second-order valence-electron chi connectivity index (χ2n) is 5.56. The molecule has 9 nitrogen and oxygen atoms in total. The minimum atomic E-state index is -4.02. The molecule has 0 aromatic heterocycles. The number of aliphatic carboxylic acids is 1. The number of hydrogen-bond acceptors (Lipinski definition) is 6. The van der Waals surface area contributed by atoms with Crippen LogP contribution in [0.4, 0.5) is 0 Å². The molecule has 1 aromatic rings. The zero-order valence-corrected chi connectivity index (χ0v) is 15.6. The number of ether oxygens (including phenoxy) is 1. The maximum atomic E-state index is 12.7. The van der Waals surface area contributed by atoms with Gasteiger partial charge in [0.25, 0.3) is 0 Å². The smallest absolute Gasteiger partial charge is 0.337 e. The standard InChI is InChI=1S/C16H22N2O7S/c1-11(15(20)21)18(8-7-17-12(2)19)26(23,24)10-13-5-4-6-14(9-13)16(22)25-3/h4-6,9,11H,7-8,10H2,1-3H3,(H,17,19)(H,20,21). The van der Waals surface area contributed by atoms with Crippen LogP contribution >= 0.6 is 0 Å². The molecular weight excluding hydrogens is 364 g/mol. The lowest BCUT2D eigenvalue weighted by molar-refractivity contribution is -0.140. The van der Waals surface area contributed by atoms with Crippen molar-refractivity contribution in [1.29, 1.82) is 0 Å². The van der Waals surface area contributed by atoms with E-state index in [2.05, 4.69) is 10.1 Å². The molecule has 0 saturated heterocycles. The maximum Gasteiger partial charge on any atom is 0.337 e. The van der Waals surface area contributed by atoms with Crippen LogP contribution in [0.2, 0.25) is 0 Å². The van der Waals surface area contributed by atoms with Crippen molar-refractivity contribution in [1.82, 2.24) is 9.62 Å². The van der Waals surface area contributed by atoms with E-state index in [1.165, 1.54) is 45.2 Å². The molecule has 0 bridgehead atoms. The predicted octanol–water partition coefficient (Wildman–Crippen LogP) is 0.214. The summed E-state index contributed by atoms with van der Waals surface area (Å²) < 4.78 is 30.8. The molecule has 1 rings (SSSR count). The molecule has 0 spiro atoms. The second-order valence-corrected chi connectivity index (χ2v) is 7.48. The Kier molecular flexibility index (Phi) is 7.72. The molecule has 10 heteroatoms. The van der Waals surface area contributed by atoms with Crippen LogP contribution in [0.1, 0.15) is 29.8 Å². The van der Waals surface area contributed by atoms with Gasteiger partial charge in [-0.25, -0.2) is 13.2 Å². The summed E-state index contributed by atoms with van der Waals surface area (Å²) in [7, 11) is -2.81. The van der Waals surface area contributed by atoms with Gasteiger partial charge in [0.15, 0.2) is 0 Å². The van der Waals surface area contributed by atoms with Gasteiger partial charge < -0.3 is 15.2 Å². The molecule has 26 heavy (non-hydrogen) atoms. The van der Waals surface area contributed by atoms with E-state index in [1.54, 1.807) is 0 Å². The fourth-order valence-electron chi connectivity index (χ4n) is 2.24. The number of carboxylic acid groups (broad SMARTS) is 1. The number of carbonyl (C=O) groups excluding carboxylic acids is 2. The second kappa shape index (κ2) is 9.30. The van der Waals surface area contributed by atoms with Crippen LogP contribution in [-0.4, -0.2) is 61.9 Å². The van der Waals surface area contributed by atoms with Crippen LogP contribution in [-0.2, 0) is 30.1 Å². The average Bonchev–Trinajstić information content (AvgIpc) is 2.56. The topological polar surface area (TPSA) is 130 Å². The number of esters is 1. The van der Waals surface area contributed by atoms with E-state index in [9.17, 15) is 27.9 Å². The highest BCUT2D eigenvalue weighted by atomic mass is 32.2. The molecule has 1 atom stereocenters. The van der Waals surface area contributed by atoms with Gasteiger partial charge in [0, 0.05) is 20.0 Å². The lowest BCUT2D eigenvalue weighted by Gasteiger charge is -2.26. The number of carbonyl (C=O) groups is 3. The van der Waals surface area contributed by atoms with Gasteiger partial charge in [-0.05, 0) is 24.6 Å². The normalized spacial score (nSPS) is 12.5. The molecule has 144 valence electrons. The molecule has 0 aliphatic heterocycles. The third kappa shape index (κ3) is 6.12. The van der Waals surface area contributed by atoms with Crippen LogP contribution in [0, 0.1) is 0 Å². The predicted molar refractivity (Wildman–Crippen MR) is 92.9 cm³/mol. The van der Waals surface area contributed by atoms with Crippen molar-refractivity contribution in [3.8, 4) is 0 Å². The molecule has 1 aromatic carbocycles. The molecule has 1 unspecified atom stereocenters. The summed E-state index contributed by atoms with van der Waals surface area (Å²) in [5.41, 5.74) is 0.506. The Hall–Kier alpha value is -2.46. The summed E-state index contributed by atoms with van der Waals surface area (Å²) in [5, 5.41) is 11.6.